The van der Waals surface area contributed by atoms with Gasteiger partial charge < -0.3 is 28.4 Å². The lowest BCUT2D eigenvalue weighted by atomic mass is 9.98. The summed E-state index contributed by atoms with van der Waals surface area (Å²) in [6, 6.07) is 28.0. The normalized spacial score (nSPS) is 23.5. The summed E-state index contributed by atoms with van der Waals surface area (Å²) in [4.78, 5) is 0. The maximum Gasteiger partial charge on any atom is 0.187 e. The second-order valence-electron chi connectivity index (χ2n) is 8.98. The first-order valence-electron chi connectivity index (χ1n) is 12.6. The van der Waals surface area contributed by atoms with Crippen molar-refractivity contribution in [3.05, 3.63) is 114 Å². The van der Waals surface area contributed by atoms with Crippen LogP contribution in [0.2, 0.25) is 0 Å². The fraction of sp³-hybridized carbons (Fsp3) is 0.355. The molecule has 6 nitrogen and oxygen atoms in total. The van der Waals surface area contributed by atoms with Crippen molar-refractivity contribution >= 4 is 0 Å². The van der Waals surface area contributed by atoms with E-state index in [0.29, 0.717) is 26.4 Å². The van der Waals surface area contributed by atoms with Crippen LogP contribution in [0.3, 0.4) is 0 Å². The van der Waals surface area contributed by atoms with Gasteiger partial charge in [0.25, 0.3) is 0 Å². The Kier molecular flexibility index (Phi) is 10.3. The van der Waals surface area contributed by atoms with Crippen molar-refractivity contribution in [2.24, 2.45) is 0 Å². The second-order valence-corrected chi connectivity index (χ2v) is 8.98. The molecule has 0 aliphatic carbocycles. The third-order valence-electron chi connectivity index (χ3n) is 6.28. The van der Waals surface area contributed by atoms with Gasteiger partial charge in [-0.2, -0.15) is 0 Å². The van der Waals surface area contributed by atoms with E-state index in [4.69, 9.17) is 28.4 Å². The molecule has 0 spiro atoms. The van der Waals surface area contributed by atoms with Gasteiger partial charge in [0.15, 0.2) is 6.29 Å². The molecule has 0 radical (unpaired) electrons. The summed E-state index contributed by atoms with van der Waals surface area (Å²) in [5.41, 5.74) is 3.16. The van der Waals surface area contributed by atoms with Crippen LogP contribution in [-0.2, 0) is 43.5 Å². The van der Waals surface area contributed by atoms with Crippen molar-refractivity contribution < 1.29 is 28.4 Å². The Balaban J connectivity index is 1.56. The molecule has 1 aliphatic heterocycles. The first-order chi connectivity index (χ1) is 18.2. The quantitative estimate of drug-likeness (QED) is 0.279. The SMILES string of the molecule is C=CCO[C@@H]1O[C@@H](C)[C@H](OCc2ccccc2)[C@@H](OCc2ccccc2)[C@H]1OCc1ccc(OC)cc1. The zero-order chi connectivity index (χ0) is 25.9. The highest BCUT2D eigenvalue weighted by Gasteiger charge is 2.47. The van der Waals surface area contributed by atoms with Gasteiger partial charge in [-0.3, -0.25) is 0 Å². The number of hydrogen-bond donors (Lipinski definition) is 0. The molecule has 1 saturated heterocycles. The Bertz CT molecular complexity index is 1060. The molecule has 0 unspecified atom stereocenters. The van der Waals surface area contributed by atoms with Crippen molar-refractivity contribution in [3.8, 4) is 5.75 Å². The molecule has 3 aromatic carbocycles. The standard InChI is InChI=1S/C31H36O6/c1-4-19-33-31-30(36-22-26-15-17-27(32-3)18-16-26)29(35-21-25-13-9-6-10-14-25)28(23(2)37-31)34-20-24-11-7-5-8-12-24/h4-18,23,28-31H,1,19-22H2,2-3H3/t23-,28-,29+,30+,31+/m0/s1. The molecule has 196 valence electrons. The first kappa shape index (κ1) is 27.0. The summed E-state index contributed by atoms with van der Waals surface area (Å²) < 4.78 is 37.0. The minimum atomic E-state index is -0.636. The Morgan fingerprint density at radius 3 is 1.73 bits per heavy atom. The van der Waals surface area contributed by atoms with Crippen molar-refractivity contribution in [2.75, 3.05) is 13.7 Å². The Morgan fingerprint density at radius 2 is 1.19 bits per heavy atom. The highest BCUT2D eigenvalue weighted by Crippen LogP contribution is 2.31. The molecule has 5 atom stereocenters. The van der Waals surface area contributed by atoms with Gasteiger partial charge in [-0.15, -0.1) is 6.58 Å². The van der Waals surface area contributed by atoms with E-state index in [0.717, 1.165) is 22.4 Å². The summed E-state index contributed by atoms with van der Waals surface area (Å²) in [7, 11) is 1.65. The smallest absolute Gasteiger partial charge is 0.187 e. The van der Waals surface area contributed by atoms with Gasteiger partial charge in [-0.05, 0) is 35.7 Å². The summed E-state index contributed by atoms with van der Waals surface area (Å²) >= 11 is 0. The average Bonchev–Trinajstić information content (AvgIpc) is 2.95. The molecule has 6 heteroatoms. The summed E-state index contributed by atoms with van der Waals surface area (Å²) in [5, 5.41) is 0. The number of methoxy groups -OCH3 is 1. The van der Waals surface area contributed by atoms with Crippen LogP contribution in [0.4, 0.5) is 0 Å². The number of rotatable bonds is 13. The van der Waals surface area contributed by atoms with Crippen molar-refractivity contribution in [3.63, 3.8) is 0 Å². The lowest BCUT2D eigenvalue weighted by Crippen LogP contribution is -2.60. The summed E-state index contributed by atoms with van der Waals surface area (Å²) in [6.45, 7) is 7.31. The molecule has 0 amide bonds. The molecule has 0 bridgehead atoms. The Labute approximate surface area is 219 Å². The van der Waals surface area contributed by atoms with Crippen molar-refractivity contribution in [2.45, 2.75) is 57.5 Å². The van der Waals surface area contributed by atoms with Gasteiger partial charge >= 0.3 is 0 Å². The third kappa shape index (κ3) is 7.74. The van der Waals surface area contributed by atoms with Crippen LogP contribution >= 0.6 is 0 Å². The Morgan fingerprint density at radius 1 is 0.676 bits per heavy atom. The van der Waals surface area contributed by atoms with E-state index in [2.05, 4.69) is 6.58 Å². The molecule has 0 N–H and O–H groups in total. The van der Waals surface area contributed by atoms with E-state index in [9.17, 15) is 0 Å². The van der Waals surface area contributed by atoms with E-state index in [1.165, 1.54) is 0 Å². The zero-order valence-corrected chi connectivity index (χ0v) is 21.5. The predicted octanol–water partition coefficient (Wildman–Crippen LogP) is 5.70. The first-order valence-corrected chi connectivity index (χ1v) is 12.6. The third-order valence-corrected chi connectivity index (χ3v) is 6.28. The monoisotopic (exact) mass is 504 g/mol. The zero-order valence-electron chi connectivity index (χ0n) is 21.5. The molecule has 3 aromatic rings. The summed E-state index contributed by atoms with van der Waals surface area (Å²) in [6.07, 6.45) is -0.535. The molecule has 37 heavy (non-hydrogen) atoms. The maximum absolute atomic E-state index is 6.53. The van der Waals surface area contributed by atoms with Gasteiger partial charge in [-0.1, -0.05) is 78.9 Å². The second kappa shape index (κ2) is 14.1. The maximum atomic E-state index is 6.53. The minimum absolute atomic E-state index is 0.278. The van der Waals surface area contributed by atoms with Crippen LogP contribution in [0, 0.1) is 0 Å². The van der Waals surface area contributed by atoms with Crippen LogP contribution in [0.5, 0.6) is 5.75 Å². The molecular formula is C31H36O6. The molecule has 1 aliphatic rings. The predicted molar refractivity (Wildman–Crippen MR) is 142 cm³/mol. The van der Waals surface area contributed by atoms with Gasteiger partial charge in [0.05, 0.1) is 39.6 Å². The molecule has 1 heterocycles. The highest BCUT2D eigenvalue weighted by atomic mass is 16.7. The van der Waals surface area contributed by atoms with Gasteiger partial charge in [0.2, 0.25) is 0 Å². The minimum Gasteiger partial charge on any atom is -0.497 e. The lowest BCUT2D eigenvalue weighted by molar-refractivity contribution is -0.318. The van der Waals surface area contributed by atoms with E-state index in [1.54, 1.807) is 13.2 Å². The topological polar surface area (TPSA) is 55.4 Å². The summed E-state index contributed by atoms with van der Waals surface area (Å²) in [5.74, 6) is 0.796. The largest absolute Gasteiger partial charge is 0.497 e. The highest BCUT2D eigenvalue weighted by molar-refractivity contribution is 5.26. The van der Waals surface area contributed by atoms with E-state index in [-0.39, 0.29) is 12.2 Å². The fourth-order valence-corrected chi connectivity index (χ4v) is 4.31. The molecular weight excluding hydrogens is 468 g/mol. The lowest BCUT2D eigenvalue weighted by Gasteiger charge is -2.45. The van der Waals surface area contributed by atoms with Crippen LogP contribution in [0.25, 0.3) is 0 Å². The average molecular weight is 505 g/mol. The van der Waals surface area contributed by atoms with Gasteiger partial charge in [0.1, 0.15) is 24.1 Å². The van der Waals surface area contributed by atoms with Gasteiger partial charge in [0, 0.05) is 0 Å². The number of benzene rings is 3. The molecule has 1 fully saturated rings. The van der Waals surface area contributed by atoms with Crippen molar-refractivity contribution in [1.29, 1.82) is 0 Å². The Hall–Kier alpha value is -3.00. The fourth-order valence-electron chi connectivity index (χ4n) is 4.31. The van der Waals surface area contributed by atoms with Crippen LogP contribution in [-0.4, -0.2) is 44.4 Å². The van der Waals surface area contributed by atoms with Crippen LogP contribution < -0.4 is 4.74 Å². The van der Waals surface area contributed by atoms with Crippen LogP contribution in [0.1, 0.15) is 23.6 Å². The molecule has 0 aromatic heterocycles. The van der Waals surface area contributed by atoms with Crippen LogP contribution in [0.15, 0.2) is 97.6 Å². The van der Waals surface area contributed by atoms with Crippen molar-refractivity contribution in [1.82, 2.24) is 0 Å². The van der Waals surface area contributed by atoms with Gasteiger partial charge in [-0.25, -0.2) is 0 Å². The number of hydrogen-bond acceptors (Lipinski definition) is 6. The van der Waals surface area contributed by atoms with E-state index >= 15 is 0 Å². The molecule has 0 saturated carbocycles. The molecule has 4 rings (SSSR count). The number of ether oxygens (including phenoxy) is 6. The van der Waals surface area contributed by atoms with E-state index in [1.807, 2.05) is 91.9 Å². The van der Waals surface area contributed by atoms with E-state index < -0.39 is 18.5 Å².